The molecule has 0 aromatic heterocycles. The molecule has 3 aliphatic rings. The lowest BCUT2D eigenvalue weighted by Crippen LogP contribution is -2.69. The molecular weight excluding hydrogens is 442 g/mol. The standard InChI is InChI=1S/C29H47NO5/c1-8-15-27(7)20-33-29(34-21-27)18-26(5,6)30(28(9-2,10-3)19-29)35-22(4)23-11-13-24(14-12-23)31-16-25-17-32-25/h11-14,22,25H,8-10,15-21H2,1-7H3. The normalized spacial score (nSPS) is 32.9. The zero-order valence-electron chi connectivity index (χ0n) is 23.0. The van der Waals surface area contributed by atoms with Gasteiger partial charge in [-0.2, -0.15) is 5.06 Å². The summed E-state index contributed by atoms with van der Waals surface area (Å²) < 4.78 is 24.3. The van der Waals surface area contributed by atoms with Gasteiger partial charge in [0.15, 0.2) is 5.79 Å². The topological polar surface area (TPSA) is 52.7 Å². The van der Waals surface area contributed by atoms with E-state index in [9.17, 15) is 0 Å². The molecule has 0 bridgehead atoms. The van der Waals surface area contributed by atoms with E-state index >= 15 is 0 Å². The third-order valence-corrected chi connectivity index (χ3v) is 8.27. The third kappa shape index (κ3) is 5.88. The minimum absolute atomic E-state index is 0.0809. The van der Waals surface area contributed by atoms with E-state index in [0.29, 0.717) is 6.61 Å². The molecule has 6 nitrogen and oxygen atoms in total. The summed E-state index contributed by atoms with van der Waals surface area (Å²) >= 11 is 0. The Morgan fingerprint density at radius 1 is 1.00 bits per heavy atom. The van der Waals surface area contributed by atoms with Crippen molar-refractivity contribution in [3.8, 4) is 5.75 Å². The van der Waals surface area contributed by atoms with Gasteiger partial charge in [0.25, 0.3) is 0 Å². The van der Waals surface area contributed by atoms with Crippen LogP contribution in [0.3, 0.4) is 0 Å². The first-order chi connectivity index (χ1) is 16.6. The Labute approximate surface area is 212 Å². The molecule has 1 aromatic carbocycles. The van der Waals surface area contributed by atoms with Gasteiger partial charge in [0.05, 0.1) is 25.4 Å². The zero-order chi connectivity index (χ0) is 25.3. The van der Waals surface area contributed by atoms with E-state index in [1.54, 1.807) is 0 Å². The van der Waals surface area contributed by atoms with E-state index in [1.165, 1.54) is 0 Å². The Bertz CT molecular complexity index is 822. The van der Waals surface area contributed by atoms with Crippen LogP contribution in [0.5, 0.6) is 5.75 Å². The summed E-state index contributed by atoms with van der Waals surface area (Å²) in [4.78, 5) is 6.81. The van der Waals surface area contributed by atoms with Crippen molar-refractivity contribution in [1.82, 2.24) is 5.06 Å². The summed E-state index contributed by atoms with van der Waals surface area (Å²) in [6.07, 6.45) is 6.00. The van der Waals surface area contributed by atoms with Gasteiger partial charge >= 0.3 is 0 Å². The molecule has 1 spiro atoms. The molecule has 0 aliphatic carbocycles. The Kier molecular flexibility index (Phi) is 7.90. The number of rotatable bonds is 10. The molecule has 2 atom stereocenters. The van der Waals surface area contributed by atoms with E-state index in [2.05, 4.69) is 65.7 Å². The highest BCUT2D eigenvalue weighted by atomic mass is 16.7. The molecule has 3 aliphatic heterocycles. The number of benzene rings is 1. The molecular formula is C29H47NO5. The predicted octanol–water partition coefficient (Wildman–Crippen LogP) is 6.44. The highest BCUT2D eigenvalue weighted by Gasteiger charge is 2.59. The summed E-state index contributed by atoms with van der Waals surface area (Å²) in [5.74, 6) is 0.325. The number of hydroxylamine groups is 2. The molecule has 0 amide bonds. The van der Waals surface area contributed by atoms with Crippen molar-refractivity contribution in [2.75, 3.05) is 26.4 Å². The summed E-state index contributed by atoms with van der Waals surface area (Å²) in [7, 11) is 0. The largest absolute Gasteiger partial charge is 0.491 e. The maximum Gasteiger partial charge on any atom is 0.172 e. The molecule has 3 heterocycles. The van der Waals surface area contributed by atoms with Gasteiger partial charge in [-0.25, -0.2) is 0 Å². The van der Waals surface area contributed by atoms with Crippen LogP contribution in [0.15, 0.2) is 24.3 Å². The predicted molar refractivity (Wildman–Crippen MR) is 137 cm³/mol. The second kappa shape index (κ2) is 10.3. The highest BCUT2D eigenvalue weighted by molar-refractivity contribution is 5.28. The first-order valence-electron chi connectivity index (χ1n) is 13.7. The molecule has 4 rings (SSSR count). The van der Waals surface area contributed by atoms with E-state index in [1.807, 2.05) is 12.1 Å². The molecule has 2 unspecified atom stereocenters. The van der Waals surface area contributed by atoms with Crippen LogP contribution in [0.2, 0.25) is 0 Å². The van der Waals surface area contributed by atoms with Gasteiger partial charge < -0.3 is 18.9 Å². The molecule has 6 heteroatoms. The van der Waals surface area contributed by atoms with Crippen LogP contribution in [0.25, 0.3) is 0 Å². The zero-order valence-corrected chi connectivity index (χ0v) is 23.0. The smallest absolute Gasteiger partial charge is 0.172 e. The second-order valence-corrected chi connectivity index (χ2v) is 12.0. The Hall–Kier alpha value is -1.18. The van der Waals surface area contributed by atoms with Crippen molar-refractivity contribution < 1.29 is 23.8 Å². The summed E-state index contributed by atoms with van der Waals surface area (Å²) in [6, 6.07) is 8.26. The number of epoxide rings is 1. The number of ether oxygens (including phenoxy) is 4. The fourth-order valence-corrected chi connectivity index (χ4v) is 6.10. The SMILES string of the molecule is CCCC1(C)COC2(CC(C)(C)N(OC(C)c3ccc(OCC4CO4)cc3)C(CC)(CC)C2)OC1. The molecule has 0 N–H and O–H groups in total. The maximum absolute atomic E-state index is 6.81. The van der Waals surface area contributed by atoms with Crippen molar-refractivity contribution in [1.29, 1.82) is 0 Å². The van der Waals surface area contributed by atoms with Crippen LogP contribution < -0.4 is 4.74 Å². The van der Waals surface area contributed by atoms with Crippen molar-refractivity contribution >= 4 is 0 Å². The van der Waals surface area contributed by atoms with Crippen LogP contribution in [-0.2, 0) is 19.0 Å². The number of piperidine rings is 1. The van der Waals surface area contributed by atoms with E-state index in [4.69, 9.17) is 23.8 Å². The number of nitrogens with zero attached hydrogens (tertiary/aromatic N) is 1. The van der Waals surface area contributed by atoms with Crippen molar-refractivity contribution in [2.24, 2.45) is 5.41 Å². The summed E-state index contributed by atoms with van der Waals surface area (Å²) in [5, 5.41) is 2.29. The molecule has 35 heavy (non-hydrogen) atoms. The van der Waals surface area contributed by atoms with Crippen LogP contribution >= 0.6 is 0 Å². The Balaban J connectivity index is 1.48. The van der Waals surface area contributed by atoms with Gasteiger partial charge in [0.2, 0.25) is 0 Å². The van der Waals surface area contributed by atoms with Gasteiger partial charge in [-0.3, -0.25) is 4.84 Å². The molecule has 198 valence electrons. The minimum atomic E-state index is -0.546. The molecule has 0 saturated carbocycles. The summed E-state index contributed by atoms with van der Waals surface area (Å²) in [6.45, 7) is 18.7. The Morgan fingerprint density at radius 2 is 1.63 bits per heavy atom. The lowest BCUT2D eigenvalue weighted by molar-refractivity contribution is -0.394. The van der Waals surface area contributed by atoms with Gasteiger partial charge in [0, 0.05) is 23.8 Å². The summed E-state index contributed by atoms with van der Waals surface area (Å²) in [5.41, 5.74) is 0.832. The lowest BCUT2D eigenvalue weighted by atomic mass is 9.72. The lowest BCUT2D eigenvalue weighted by Gasteiger charge is -2.61. The molecule has 3 saturated heterocycles. The monoisotopic (exact) mass is 489 g/mol. The molecule has 1 aromatic rings. The van der Waals surface area contributed by atoms with Gasteiger partial charge in [0.1, 0.15) is 24.6 Å². The van der Waals surface area contributed by atoms with Gasteiger partial charge in [-0.05, 0) is 57.7 Å². The third-order valence-electron chi connectivity index (χ3n) is 8.27. The van der Waals surface area contributed by atoms with E-state index in [-0.39, 0.29) is 28.7 Å². The first kappa shape index (κ1) is 26.9. The van der Waals surface area contributed by atoms with Crippen LogP contribution in [0, 0.1) is 5.41 Å². The molecule has 3 fully saturated rings. The quantitative estimate of drug-likeness (QED) is 0.353. The van der Waals surface area contributed by atoms with Gasteiger partial charge in [-0.15, -0.1) is 0 Å². The number of hydrogen-bond acceptors (Lipinski definition) is 6. The molecule has 0 radical (unpaired) electrons. The second-order valence-electron chi connectivity index (χ2n) is 12.0. The van der Waals surface area contributed by atoms with Crippen LogP contribution in [0.4, 0.5) is 0 Å². The van der Waals surface area contributed by atoms with Crippen LogP contribution in [-0.4, -0.2) is 54.5 Å². The fraction of sp³-hybridized carbons (Fsp3) is 0.793. The van der Waals surface area contributed by atoms with Crippen molar-refractivity contribution in [3.63, 3.8) is 0 Å². The highest BCUT2D eigenvalue weighted by Crippen LogP contribution is 2.52. The van der Waals surface area contributed by atoms with Crippen molar-refractivity contribution in [2.45, 2.75) is 116 Å². The number of hydrogen-bond donors (Lipinski definition) is 0. The van der Waals surface area contributed by atoms with Crippen LogP contribution in [0.1, 0.15) is 98.7 Å². The Morgan fingerprint density at radius 3 is 2.17 bits per heavy atom. The average Bonchev–Trinajstić information content (AvgIpc) is 3.66. The maximum atomic E-state index is 6.81. The van der Waals surface area contributed by atoms with Crippen molar-refractivity contribution in [3.05, 3.63) is 29.8 Å². The first-order valence-corrected chi connectivity index (χ1v) is 13.7. The van der Waals surface area contributed by atoms with E-state index in [0.717, 1.165) is 69.7 Å². The van der Waals surface area contributed by atoms with Gasteiger partial charge in [-0.1, -0.05) is 46.2 Å². The average molecular weight is 490 g/mol. The fourth-order valence-electron chi connectivity index (χ4n) is 6.10. The minimum Gasteiger partial charge on any atom is -0.491 e. The van der Waals surface area contributed by atoms with E-state index < -0.39 is 5.79 Å².